The molecule has 31 heavy (non-hydrogen) atoms. The van der Waals surface area contributed by atoms with E-state index in [1.807, 2.05) is 30.3 Å². The molecule has 158 valence electrons. The second kappa shape index (κ2) is 10.2. The Morgan fingerprint density at radius 2 is 1.55 bits per heavy atom. The minimum absolute atomic E-state index is 0.0994. The molecule has 3 rings (SSSR count). The largest absolute Gasteiger partial charge is 0.423 e. The minimum Gasteiger partial charge on any atom is -0.423 e. The van der Waals surface area contributed by atoms with Gasteiger partial charge < -0.3 is 15.4 Å². The summed E-state index contributed by atoms with van der Waals surface area (Å²) in [4.78, 5) is 36.6. The number of ether oxygens (including phenoxy) is 1. The van der Waals surface area contributed by atoms with Crippen LogP contribution in [0.4, 0.5) is 5.69 Å². The molecule has 0 spiro atoms. The molecule has 0 aromatic heterocycles. The third kappa shape index (κ3) is 6.27. The fourth-order valence-electron chi connectivity index (χ4n) is 2.72. The van der Waals surface area contributed by atoms with Crippen LogP contribution in [0.25, 0.3) is 0 Å². The first-order chi connectivity index (χ1) is 14.9. The monoisotopic (exact) mass is 416 g/mol. The summed E-state index contributed by atoms with van der Waals surface area (Å²) in [7, 11) is 0. The van der Waals surface area contributed by atoms with Crippen molar-refractivity contribution in [2.24, 2.45) is 5.92 Å². The summed E-state index contributed by atoms with van der Waals surface area (Å²) in [5, 5.41) is 5.61. The molecule has 2 amide bonds. The van der Waals surface area contributed by atoms with E-state index in [0.717, 1.165) is 5.56 Å². The average Bonchev–Trinajstić information content (AvgIpc) is 2.78. The molecule has 3 aromatic carbocycles. The van der Waals surface area contributed by atoms with Crippen LogP contribution in [0.5, 0.6) is 5.75 Å². The van der Waals surface area contributed by atoms with Gasteiger partial charge in [-0.15, -0.1) is 0 Å². The Kier molecular flexibility index (Phi) is 7.17. The van der Waals surface area contributed by atoms with Crippen LogP contribution in [0.1, 0.15) is 40.1 Å². The highest BCUT2D eigenvalue weighted by Gasteiger charge is 2.12. The molecule has 0 bridgehead atoms. The number of hydrogen-bond acceptors (Lipinski definition) is 4. The number of carbonyl (C=O) groups is 3. The summed E-state index contributed by atoms with van der Waals surface area (Å²) >= 11 is 0. The molecule has 0 saturated heterocycles. The van der Waals surface area contributed by atoms with E-state index in [1.54, 1.807) is 56.3 Å². The second-order valence-corrected chi connectivity index (χ2v) is 7.31. The Morgan fingerprint density at radius 1 is 0.839 bits per heavy atom. The van der Waals surface area contributed by atoms with E-state index < -0.39 is 5.97 Å². The van der Waals surface area contributed by atoms with Crippen molar-refractivity contribution in [3.05, 3.63) is 95.6 Å². The molecule has 0 saturated carbocycles. The molecule has 0 fully saturated rings. The lowest BCUT2D eigenvalue weighted by Crippen LogP contribution is -2.22. The van der Waals surface area contributed by atoms with E-state index in [2.05, 4.69) is 10.6 Å². The van der Waals surface area contributed by atoms with E-state index in [0.29, 0.717) is 23.4 Å². The first-order valence-corrected chi connectivity index (χ1v) is 9.97. The van der Waals surface area contributed by atoms with E-state index in [-0.39, 0.29) is 23.5 Å². The fraction of sp³-hybridized carbons (Fsp3) is 0.160. The van der Waals surface area contributed by atoms with E-state index in [9.17, 15) is 14.4 Å². The van der Waals surface area contributed by atoms with Gasteiger partial charge >= 0.3 is 5.97 Å². The maximum absolute atomic E-state index is 12.4. The number of amides is 2. The van der Waals surface area contributed by atoms with Gasteiger partial charge in [-0.3, -0.25) is 9.59 Å². The zero-order chi connectivity index (χ0) is 22.2. The minimum atomic E-state index is -0.552. The van der Waals surface area contributed by atoms with Crippen molar-refractivity contribution in [3.8, 4) is 5.75 Å². The van der Waals surface area contributed by atoms with Crippen LogP contribution >= 0.6 is 0 Å². The van der Waals surface area contributed by atoms with Crippen LogP contribution in [0, 0.1) is 5.92 Å². The van der Waals surface area contributed by atoms with Gasteiger partial charge in [0.05, 0.1) is 5.56 Å². The summed E-state index contributed by atoms with van der Waals surface area (Å²) < 4.78 is 5.41. The molecule has 6 nitrogen and oxygen atoms in total. The van der Waals surface area contributed by atoms with Gasteiger partial charge in [-0.2, -0.15) is 0 Å². The lowest BCUT2D eigenvalue weighted by Gasteiger charge is -2.09. The van der Waals surface area contributed by atoms with Crippen molar-refractivity contribution in [2.45, 2.75) is 20.4 Å². The number of nitrogens with one attached hydrogen (secondary N) is 2. The first kappa shape index (κ1) is 21.8. The molecule has 0 aliphatic heterocycles. The summed E-state index contributed by atoms with van der Waals surface area (Å²) in [6.07, 6.45) is 0. The number of anilines is 1. The van der Waals surface area contributed by atoms with Crippen molar-refractivity contribution in [3.63, 3.8) is 0 Å². The number of hydrogen-bond donors (Lipinski definition) is 2. The summed E-state index contributed by atoms with van der Waals surface area (Å²) in [6.45, 7) is 4.01. The topological polar surface area (TPSA) is 84.5 Å². The highest BCUT2D eigenvalue weighted by Crippen LogP contribution is 2.17. The maximum Gasteiger partial charge on any atom is 0.343 e. The molecule has 0 unspecified atom stereocenters. The Labute approximate surface area is 181 Å². The van der Waals surface area contributed by atoms with E-state index >= 15 is 0 Å². The zero-order valence-electron chi connectivity index (χ0n) is 17.4. The molecule has 0 heterocycles. The Balaban J connectivity index is 1.60. The number of rotatable bonds is 7. The van der Waals surface area contributed by atoms with Gasteiger partial charge in [0.25, 0.3) is 5.91 Å². The van der Waals surface area contributed by atoms with Crippen molar-refractivity contribution < 1.29 is 19.1 Å². The van der Waals surface area contributed by atoms with Gasteiger partial charge in [0.2, 0.25) is 5.91 Å². The van der Waals surface area contributed by atoms with Crippen LogP contribution < -0.4 is 15.4 Å². The third-order valence-corrected chi connectivity index (χ3v) is 4.52. The first-order valence-electron chi connectivity index (χ1n) is 9.97. The molecule has 0 aliphatic rings. The van der Waals surface area contributed by atoms with Gasteiger partial charge in [-0.1, -0.05) is 50.2 Å². The van der Waals surface area contributed by atoms with E-state index in [4.69, 9.17) is 4.74 Å². The molecular formula is C25H24N2O4. The van der Waals surface area contributed by atoms with Gasteiger partial charge in [0.1, 0.15) is 5.75 Å². The Hall–Kier alpha value is -3.93. The van der Waals surface area contributed by atoms with Gasteiger partial charge in [0, 0.05) is 23.7 Å². The van der Waals surface area contributed by atoms with Crippen LogP contribution in [0.2, 0.25) is 0 Å². The summed E-state index contributed by atoms with van der Waals surface area (Å²) in [6, 6.07) is 22.5. The predicted molar refractivity (Wildman–Crippen MR) is 119 cm³/mol. The van der Waals surface area contributed by atoms with Crippen LogP contribution in [-0.4, -0.2) is 17.8 Å². The molecule has 0 atom stereocenters. The standard InChI is InChI=1S/C25H24N2O4/c1-17(2)23(28)27-21-13-11-19(12-14-21)25(30)31-22-10-6-9-20(15-22)24(29)26-16-18-7-4-3-5-8-18/h3-15,17H,16H2,1-2H3,(H,26,29)(H,27,28). The molecule has 6 heteroatoms. The highest BCUT2D eigenvalue weighted by atomic mass is 16.5. The Bertz CT molecular complexity index is 1060. The van der Waals surface area contributed by atoms with Gasteiger partial charge in [-0.05, 0) is 48.0 Å². The van der Waals surface area contributed by atoms with Gasteiger partial charge in [-0.25, -0.2) is 4.79 Å². The van der Waals surface area contributed by atoms with E-state index in [1.165, 1.54) is 6.07 Å². The second-order valence-electron chi connectivity index (χ2n) is 7.31. The normalized spacial score (nSPS) is 10.4. The van der Waals surface area contributed by atoms with Gasteiger partial charge in [0.15, 0.2) is 0 Å². The molecule has 3 aromatic rings. The summed E-state index contributed by atoms with van der Waals surface area (Å²) in [5.74, 6) is -0.773. The fourth-order valence-corrected chi connectivity index (χ4v) is 2.72. The van der Waals surface area contributed by atoms with Crippen molar-refractivity contribution in [1.82, 2.24) is 5.32 Å². The third-order valence-electron chi connectivity index (χ3n) is 4.52. The molecule has 0 radical (unpaired) electrons. The summed E-state index contributed by atoms with van der Waals surface area (Å²) in [5.41, 5.74) is 2.33. The smallest absolute Gasteiger partial charge is 0.343 e. The predicted octanol–water partition coefficient (Wildman–Crippen LogP) is 4.43. The molecule has 0 aliphatic carbocycles. The zero-order valence-corrected chi connectivity index (χ0v) is 17.4. The quantitative estimate of drug-likeness (QED) is 0.441. The SMILES string of the molecule is CC(C)C(=O)Nc1ccc(C(=O)Oc2cccc(C(=O)NCc3ccccc3)c2)cc1. The van der Waals surface area contributed by atoms with Crippen LogP contribution in [0.3, 0.4) is 0 Å². The van der Waals surface area contributed by atoms with Crippen molar-refractivity contribution >= 4 is 23.5 Å². The molecular weight excluding hydrogens is 392 g/mol. The van der Waals surface area contributed by atoms with Crippen molar-refractivity contribution in [1.29, 1.82) is 0 Å². The lowest BCUT2D eigenvalue weighted by atomic mass is 10.1. The number of benzene rings is 3. The molecule has 2 N–H and O–H groups in total. The number of esters is 1. The number of carbonyl (C=O) groups excluding carboxylic acids is 3. The average molecular weight is 416 g/mol. The van der Waals surface area contributed by atoms with Crippen molar-refractivity contribution in [2.75, 3.05) is 5.32 Å². The highest BCUT2D eigenvalue weighted by molar-refractivity contribution is 5.96. The maximum atomic E-state index is 12.4. The Morgan fingerprint density at radius 3 is 2.23 bits per heavy atom. The van der Waals surface area contributed by atoms with Crippen LogP contribution in [-0.2, 0) is 11.3 Å². The lowest BCUT2D eigenvalue weighted by molar-refractivity contribution is -0.118. The van der Waals surface area contributed by atoms with Crippen LogP contribution in [0.15, 0.2) is 78.9 Å².